The van der Waals surface area contributed by atoms with Gasteiger partial charge in [0.25, 0.3) is 11.7 Å². The zero-order chi connectivity index (χ0) is 25.9. The summed E-state index contributed by atoms with van der Waals surface area (Å²) in [5.74, 6) is -0.165. The number of aliphatic hydroxyl groups is 1. The highest BCUT2D eigenvalue weighted by Gasteiger charge is 2.46. The van der Waals surface area contributed by atoms with Crippen molar-refractivity contribution in [2.75, 3.05) is 27.2 Å². The maximum Gasteiger partial charge on any atom is 0.295 e. The number of aliphatic hydroxyl groups excluding tert-OH is 1. The Hall–Kier alpha value is -3.32. The van der Waals surface area contributed by atoms with Crippen molar-refractivity contribution >= 4 is 17.4 Å². The molecule has 7 heteroatoms. The number of aryl methyl sites for hydroxylation is 1. The third-order valence-corrected chi connectivity index (χ3v) is 5.68. The van der Waals surface area contributed by atoms with E-state index in [9.17, 15) is 14.7 Å². The lowest BCUT2D eigenvalue weighted by Crippen LogP contribution is -2.35. The van der Waals surface area contributed by atoms with Gasteiger partial charge in [-0.2, -0.15) is 0 Å². The van der Waals surface area contributed by atoms with E-state index >= 15 is 0 Å². The molecule has 1 N–H and O–H groups in total. The zero-order valence-corrected chi connectivity index (χ0v) is 21.7. The highest BCUT2D eigenvalue weighted by Crippen LogP contribution is 2.40. The van der Waals surface area contributed by atoms with Gasteiger partial charge in [-0.3, -0.25) is 9.59 Å². The Kier molecular flexibility index (Phi) is 8.22. The van der Waals surface area contributed by atoms with Crippen molar-refractivity contribution in [2.45, 2.75) is 52.9 Å². The monoisotopic (exact) mass is 480 g/mol. The second-order valence-corrected chi connectivity index (χ2v) is 9.68. The predicted octanol–water partition coefficient (Wildman–Crippen LogP) is 4.55. The fourth-order valence-corrected chi connectivity index (χ4v) is 4.13. The molecule has 188 valence electrons. The van der Waals surface area contributed by atoms with Crippen LogP contribution >= 0.6 is 0 Å². The second-order valence-electron chi connectivity index (χ2n) is 9.68. The topological polar surface area (TPSA) is 79.3 Å². The number of amides is 1. The summed E-state index contributed by atoms with van der Waals surface area (Å²) < 4.78 is 11.7. The van der Waals surface area contributed by atoms with Crippen LogP contribution in [0.3, 0.4) is 0 Å². The lowest BCUT2D eigenvalue weighted by Gasteiger charge is -2.27. The lowest BCUT2D eigenvalue weighted by atomic mass is 9.94. The molecular formula is C28H36N2O5. The summed E-state index contributed by atoms with van der Waals surface area (Å²) >= 11 is 0. The van der Waals surface area contributed by atoms with Crippen LogP contribution in [0.1, 0.15) is 50.4 Å². The van der Waals surface area contributed by atoms with Crippen LogP contribution in [-0.2, 0) is 9.59 Å². The van der Waals surface area contributed by atoms with Gasteiger partial charge in [0.05, 0.1) is 23.8 Å². The first kappa shape index (κ1) is 26.3. The summed E-state index contributed by atoms with van der Waals surface area (Å²) in [4.78, 5) is 29.8. The Balaban J connectivity index is 2.13. The first-order valence-corrected chi connectivity index (χ1v) is 12.0. The van der Waals surface area contributed by atoms with Crippen LogP contribution < -0.4 is 9.47 Å². The Bertz CT molecular complexity index is 1120. The number of likely N-dealkylation sites (tertiary alicyclic amines) is 1. The molecule has 1 aliphatic heterocycles. The molecule has 0 saturated carbocycles. The molecule has 0 radical (unpaired) electrons. The highest BCUT2D eigenvalue weighted by molar-refractivity contribution is 6.46. The second kappa shape index (κ2) is 11.0. The Morgan fingerprint density at radius 2 is 1.71 bits per heavy atom. The summed E-state index contributed by atoms with van der Waals surface area (Å²) in [5, 5.41) is 11.3. The molecule has 2 aromatic carbocycles. The Morgan fingerprint density at radius 1 is 1.03 bits per heavy atom. The molecule has 1 saturated heterocycles. The number of carbonyl (C=O) groups is 2. The minimum Gasteiger partial charge on any atom is -0.507 e. The number of ketones is 1. The normalized spacial score (nSPS) is 17.7. The largest absolute Gasteiger partial charge is 0.507 e. The maximum absolute atomic E-state index is 13.2. The summed E-state index contributed by atoms with van der Waals surface area (Å²) in [5.41, 5.74) is 2.07. The van der Waals surface area contributed by atoms with Crippen LogP contribution in [0.15, 0.2) is 48.0 Å². The van der Waals surface area contributed by atoms with Crippen LogP contribution in [0.5, 0.6) is 11.5 Å². The van der Waals surface area contributed by atoms with Crippen molar-refractivity contribution in [1.29, 1.82) is 0 Å². The van der Waals surface area contributed by atoms with E-state index in [1.54, 1.807) is 18.2 Å². The molecule has 1 heterocycles. The van der Waals surface area contributed by atoms with E-state index in [1.165, 1.54) is 4.90 Å². The predicted molar refractivity (Wildman–Crippen MR) is 137 cm³/mol. The van der Waals surface area contributed by atoms with E-state index < -0.39 is 17.7 Å². The van der Waals surface area contributed by atoms with Crippen molar-refractivity contribution in [3.05, 3.63) is 64.7 Å². The quantitative estimate of drug-likeness (QED) is 0.322. The lowest BCUT2D eigenvalue weighted by molar-refractivity contribution is -0.140. The van der Waals surface area contributed by atoms with Gasteiger partial charge < -0.3 is 24.4 Å². The molecule has 1 fully saturated rings. The fourth-order valence-electron chi connectivity index (χ4n) is 4.13. The Labute approximate surface area is 207 Å². The summed E-state index contributed by atoms with van der Waals surface area (Å²) in [7, 11) is 3.82. The van der Waals surface area contributed by atoms with E-state index in [1.807, 2.05) is 77.9 Å². The molecule has 7 nitrogen and oxygen atoms in total. The zero-order valence-electron chi connectivity index (χ0n) is 21.7. The number of likely N-dealkylation sites (N-methyl/N-ethyl adjacent to an activating group) is 1. The third-order valence-electron chi connectivity index (χ3n) is 5.68. The molecule has 0 spiro atoms. The molecule has 0 bridgehead atoms. The van der Waals surface area contributed by atoms with Crippen molar-refractivity contribution in [2.24, 2.45) is 0 Å². The minimum absolute atomic E-state index is 0.00972. The molecule has 35 heavy (non-hydrogen) atoms. The molecule has 0 aromatic heterocycles. The van der Waals surface area contributed by atoms with Gasteiger partial charge in [0, 0.05) is 18.7 Å². The minimum atomic E-state index is -0.724. The standard InChI is InChI=1S/C28H36N2O5/c1-17(2)34-22-10-8-9-20(16-22)25-24(27(32)28(33)30(25)14-13-29(6)7)26(31)21-11-12-23(19(5)15-21)35-18(3)4/h8-12,15-18,25,31H,13-14H2,1-7H3/b26-24+. The highest BCUT2D eigenvalue weighted by atomic mass is 16.5. The van der Waals surface area contributed by atoms with Gasteiger partial charge in [-0.15, -0.1) is 0 Å². The molecule has 0 aliphatic carbocycles. The van der Waals surface area contributed by atoms with Crippen LogP contribution in [0.2, 0.25) is 0 Å². The van der Waals surface area contributed by atoms with E-state index in [4.69, 9.17) is 9.47 Å². The number of nitrogens with zero attached hydrogens (tertiary/aromatic N) is 2. The Morgan fingerprint density at radius 3 is 2.31 bits per heavy atom. The van der Waals surface area contributed by atoms with Crippen molar-refractivity contribution in [1.82, 2.24) is 9.80 Å². The molecule has 1 amide bonds. The van der Waals surface area contributed by atoms with Crippen molar-refractivity contribution in [3.8, 4) is 11.5 Å². The number of rotatable bonds is 9. The van der Waals surface area contributed by atoms with Gasteiger partial charge in [0.1, 0.15) is 17.3 Å². The van der Waals surface area contributed by atoms with E-state index in [0.717, 1.165) is 5.56 Å². The number of Topliss-reactive ketones (excluding diaryl/α,β-unsaturated/α-hetero) is 1. The number of ether oxygens (including phenoxy) is 2. The molecular weight excluding hydrogens is 444 g/mol. The summed E-state index contributed by atoms with van der Waals surface area (Å²) in [6.07, 6.45) is -0.0181. The average Bonchev–Trinajstić information content (AvgIpc) is 3.02. The van der Waals surface area contributed by atoms with Gasteiger partial charge >= 0.3 is 0 Å². The van der Waals surface area contributed by atoms with Crippen LogP contribution in [0.4, 0.5) is 0 Å². The first-order chi connectivity index (χ1) is 16.5. The molecule has 2 aromatic rings. The van der Waals surface area contributed by atoms with Gasteiger partial charge in [-0.1, -0.05) is 12.1 Å². The van der Waals surface area contributed by atoms with Gasteiger partial charge in [0.15, 0.2) is 0 Å². The SMILES string of the molecule is Cc1cc(/C(O)=C2\C(=O)C(=O)N(CCN(C)C)C2c2cccc(OC(C)C)c2)ccc1OC(C)C. The van der Waals surface area contributed by atoms with Crippen LogP contribution in [0, 0.1) is 6.92 Å². The number of hydrogen-bond donors (Lipinski definition) is 1. The maximum atomic E-state index is 13.2. The molecule has 1 unspecified atom stereocenters. The van der Waals surface area contributed by atoms with Crippen molar-refractivity contribution in [3.63, 3.8) is 0 Å². The summed E-state index contributed by atoms with van der Waals surface area (Å²) in [6, 6.07) is 11.9. The van der Waals surface area contributed by atoms with E-state index in [-0.39, 0.29) is 23.5 Å². The average molecular weight is 481 g/mol. The number of hydrogen-bond acceptors (Lipinski definition) is 6. The van der Waals surface area contributed by atoms with Crippen molar-refractivity contribution < 1.29 is 24.2 Å². The van der Waals surface area contributed by atoms with Gasteiger partial charge in [-0.25, -0.2) is 0 Å². The van der Waals surface area contributed by atoms with Crippen LogP contribution in [-0.4, -0.2) is 66.0 Å². The molecule has 3 rings (SSSR count). The number of benzene rings is 2. The molecule has 1 aliphatic rings. The fraction of sp³-hybridized carbons (Fsp3) is 0.429. The van der Waals surface area contributed by atoms with E-state index in [2.05, 4.69) is 0 Å². The van der Waals surface area contributed by atoms with Gasteiger partial charge in [0.2, 0.25) is 0 Å². The first-order valence-electron chi connectivity index (χ1n) is 12.0. The third kappa shape index (κ3) is 6.03. The molecule has 1 atom stereocenters. The van der Waals surface area contributed by atoms with Gasteiger partial charge in [-0.05, 0) is 90.2 Å². The number of carbonyl (C=O) groups excluding carboxylic acids is 2. The van der Waals surface area contributed by atoms with E-state index in [0.29, 0.717) is 35.7 Å². The van der Waals surface area contributed by atoms with Crippen LogP contribution in [0.25, 0.3) is 5.76 Å². The summed E-state index contributed by atoms with van der Waals surface area (Å²) in [6.45, 7) is 10.6. The smallest absolute Gasteiger partial charge is 0.295 e.